The van der Waals surface area contributed by atoms with Gasteiger partial charge < -0.3 is 20.3 Å². The van der Waals surface area contributed by atoms with Crippen molar-refractivity contribution in [3.05, 3.63) is 64.9 Å². The first kappa shape index (κ1) is 20.5. The molecule has 0 aliphatic rings. The minimum absolute atomic E-state index is 0.132. The molecular formula is C19H21ClFN3O3. The molecule has 0 atom stereocenters. The van der Waals surface area contributed by atoms with E-state index in [9.17, 15) is 14.0 Å². The topological polar surface area (TPSA) is 70.7 Å². The van der Waals surface area contributed by atoms with Gasteiger partial charge in [0.05, 0.1) is 13.1 Å². The van der Waals surface area contributed by atoms with Crippen LogP contribution in [0.3, 0.4) is 0 Å². The Morgan fingerprint density at radius 1 is 1.07 bits per heavy atom. The normalized spacial score (nSPS) is 10.2. The summed E-state index contributed by atoms with van der Waals surface area (Å²) in [4.78, 5) is 25.2. The molecule has 0 aliphatic carbocycles. The summed E-state index contributed by atoms with van der Waals surface area (Å²) in [5.41, 5.74) is 0.759. The van der Waals surface area contributed by atoms with Crippen molar-refractivity contribution in [2.24, 2.45) is 0 Å². The molecule has 0 saturated heterocycles. The van der Waals surface area contributed by atoms with Gasteiger partial charge in [-0.25, -0.2) is 9.18 Å². The number of rotatable bonds is 8. The van der Waals surface area contributed by atoms with Crippen molar-refractivity contribution in [3.8, 4) is 5.75 Å². The number of benzene rings is 2. The fraction of sp³-hybridized carbons (Fsp3) is 0.263. The molecule has 3 amide bonds. The highest BCUT2D eigenvalue weighted by molar-refractivity contribution is 6.30. The van der Waals surface area contributed by atoms with Gasteiger partial charge in [-0.15, -0.1) is 0 Å². The Labute approximate surface area is 162 Å². The molecule has 2 N–H and O–H groups in total. The van der Waals surface area contributed by atoms with Gasteiger partial charge >= 0.3 is 6.03 Å². The maximum absolute atomic E-state index is 12.8. The summed E-state index contributed by atoms with van der Waals surface area (Å²) < 4.78 is 18.3. The number of urea groups is 1. The van der Waals surface area contributed by atoms with E-state index in [0.29, 0.717) is 23.9 Å². The minimum atomic E-state index is -0.474. The summed E-state index contributed by atoms with van der Waals surface area (Å²) in [7, 11) is 1.63. The number of likely N-dealkylation sites (N-methyl/N-ethyl adjacent to an activating group) is 1. The van der Waals surface area contributed by atoms with Gasteiger partial charge in [0.2, 0.25) is 5.91 Å². The highest BCUT2D eigenvalue weighted by Gasteiger charge is 2.10. The van der Waals surface area contributed by atoms with Crippen LogP contribution in [0.25, 0.3) is 0 Å². The lowest BCUT2D eigenvalue weighted by atomic mass is 10.2. The number of hydrogen-bond acceptors (Lipinski definition) is 3. The maximum Gasteiger partial charge on any atom is 0.315 e. The van der Waals surface area contributed by atoms with E-state index in [0.717, 1.165) is 5.56 Å². The quantitative estimate of drug-likeness (QED) is 0.724. The van der Waals surface area contributed by atoms with Crippen molar-refractivity contribution in [1.82, 2.24) is 15.5 Å². The molecule has 2 aromatic carbocycles. The molecule has 0 unspecified atom stereocenters. The van der Waals surface area contributed by atoms with Crippen molar-refractivity contribution in [2.75, 3.05) is 26.7 Å². The summed E-state index contributed by atoms with van der Waals surface area (Å²) in [6, 6.07) is 12.3. The molecule has 0 bridgehead atoms. The van der Waals surface area contributed by atoms with Crippen LogP contribution in [0.1, 0.15) is 5.56 Å². The van der Waals surface area contributed by atoms with Gasteiger partial charge in [0, 0.05) is 18.6 Å². The molecule has 2 aromatic rings. The van der Waals surface area contributed by atoms with Crippen LogP contribution in [0.2, 0.25) is 5.02 Å². The van der Waals surface area contributed by atoms with Gasteiger partial charge in [-0.3, -0.25) is 4.79 Å². The Morgan fingerprint density at radius 3 is 2.41 bits per heavy atom. The van der Waals surface area contributed by atoms with E-state index in [1.54, 1.807) is 43.4 Å². The smallest absolute Gasteiger partial charge is 0.315 e. The first-order valence-electron chi connectivity index (χ1n) is 8.32. The predicted molar refractivity (Wildman–Crippen MR) is 101 cm³/mol. The van der Waals surface area contributed by atoms with Crippen LogP contribution in [-0.2, 0) is 11.3 Å². The largest absolute Gasteiger partial charge is 0.492 e. The van der Waals surface area contributed by atoms with Gasteiger partial charge in [0.1, 0.15) is 18.2 Å². The van der Waals surface area contributed by atoms with E-state index in [1.165, 1.54) is 17.0 Å². The fourth-order valence-corrected chi connectivity index (χ4v) is 2.22. The first-order chi connectivity index (χ1) is 12.9. The minimum Gasteiger partial charge on any atom is -0.492 e. The molecule has 6 nitrogen and oxygen atoms in total. The maximum atomic E-state index is 12.8. The van der Waals surface area contributed by atoms with Crippen molar-refractivity contribution >= 4 is 23.5 Å². The third kappa shape index (κ3) is 7.53. The zero-order valence-corrected chi connectivity index (χ0v) is 15.6. The molecule has 0 spiro atoms. The second kappa shape index (κ2) is 10.4. The first-order valence-corrected chi connectivity index (χ1v) is 8.70. The zero-order valence-electron chi connectivity index (χ0n) is 14.9. The molecule has 0 aliphatic heterocycles. The van der Waals surface area contributed by atoms with Gasteiger partial charge in [0.15, 0.2) is 0 Å². The van der Waals surface area contributed by atoms with Crippen LogP contribution < -0.4 is 15.4 Å². The van der Waals surface area contributed by atoms with Crippen LogP contribution >= 0.6 is 11.6 Å². The number of halogens is 2. The van der Waals surface area contributed by atoms with Crippen LogP contribution in [0.15, 0.2) is 48.5 Å². The van der Waals surface area contributed by atoms with E-state index >= 15 is 0 Å². The standard InChI is InChI=1S/C19H21ClFN3O3/c1-24(10-11-27-17-8-4-15(20)5-9-17)18(25)13-23-19(26)22-12-14-2-6-16(21)7-3-14/h2-9H,10-13H2,1H3,(H2,22,23,26). The Bertz CT molecular complexity index is 754. The van der Waals surface area contributed by atoms with Crippen molar-refractivity contribution < 1.29 is 18.7 Å². The monoisotopic (exact) mass is 393 g/mol. The molecule has 0 fully saturated rings. The van der Waals surface area contributed by atoms with Gasteiger partial charge in [-0.05, 0) is 42.0 Å². The summed E-state index contributed by atoms with van der Waals surface area (Å²) in [5, 5.41) is 5.72. The van der Waals surface area contributed by atoms with E-state index in [4.69, 9.17) is 16.3 Å². The van der Waals surface area contributed by atoms with Gasteiger partial charge in [-0.2, -0.15) is 0 Å². The third-order valence-corrected chi connectivity index (χ3v) is 3.95. The SMILES string of the molecule is CN(CCOc1ccc(Cl)cc1)C(=O)CNC(=O)NCc1ccc(F)cc1. The second-order valence-electron chi connectivity index (χ2n) is 5.78. The van der Waals surface area contributed by atoms with Crippen LogP contribution in [0, 0.1) is 5.82 Å². The Morgan fingerprint density at radius 2 is 1.74 bits per heavy atom. The lowest BCUT2D eigenvalue weighted by molar-refractivity contribution is -0.129. The number of ether oxygens (including phenoxy) is 1. The number of nitrogens with zero attached hydrogens (tertiary/aromatic N) is 1. The second-order valence-corrected chi connectivity index (χ2v) is 6.22. The van der Waals surface area contributed by atoms with Crippen LogP contribution in [0.5, 0.6) is 5.75 Å². The average molecular weight is 394 g/mol. The van der Waals surface area contributed by atoms with Crippen molar-refractivity contribution in [2.45, 2.75) is 6.54 Å². The molecule has 0 radical (unpaired) electrons. The molecule has 0 heterocycles. The molecule has 27 heavy (non-hydrogen) atoms. The number of carbonyl (C=O) groups excluding carboxylic acids is 2. The fourth-order valence-electron chi connectivity index (χ4n) is 2.09. The number of nitrogens with one attached hydrogen (secondary N) is 2. The van der Waals surface area contributed by atoms with E-state index in [1.807, 2.05) is 0 Å². The van der Waals surface area contributed by atoms with E-state index in [2.05, 4.69) is 10.6 Å². The lowest BCUT2D eigenvalue weighted by Gasteiger charge is -2.18. The van der Waals surface area contributed by atoms with Crippen LogP contribution in [0.4, 0.5) is 9.18 Å². The highest BCUT2D eigenvalue weighted by atomic mass is 35.5. The average Bonchev–Trinajstić information content (AvgIpc) is 2.67. The number of carbonyl (C=O) groups is 2. The zero-order chi connectivity index (χ0) is 19.6. The summed E-state index contributed by atoms with van der Waals surface area (Å²) in [6.07, 6.45) is 0. The van der Waals surface area contributed by atoms with E-state index < -0.39 is 6.03 Å². The lowest BCUT2D eigenvalue weighted by Crippen LogP contribution is -2.43. The summed E-state index contributed by atoms with van der Waals surface area (Å²) in [5.74, 6) is 0.0852. The van der Waals surface area contributed by atoms with E-state index in [-0.39, 0.29) is 24.8 Å². The van der Waals surface area contributed by atoms with Crippen LogP contribution in [-0.4, -0.2) is 43.6 Å². The van der Waals surface area contributed by atoms with Crippen molar-refractivity contribution in [1.29, 1.82) is 0 Å². The molecular weight excluding hydrogens is 373 g/mol. The molecule has 144 valence electrons. The Balaban J connectivity index is 1.62. The summed E-state index contributed by atoms with van der Waals surface area (Å²) >= 11 is 5.80. The predicted octanol–water partition coefficient (Wildman–Crippen LogP) is 2.82. The molecule has 8 heteroatoms. The molecule has 0 saturated carbocycles. The van der Waals surface area contributed by atoms with Crippen molar-refractivity contribution in [3.63, 3.8) is 0 Å². The number of hydrogen-bond donors (Lipinski definition) is 2. The Hall–Kier alpha value is -2.80. The molecule has 2 rings (SSSR count). The third-order valence-electron chi connectivity index (χ3n) is 3.70. The highest BCUT2D eigenvalue weighted by Crippen LogP contribution is 2.15. The summed E-state index contributed by atoms with van der Waals surface area (Å²) in [6.45, 7) is 0.804. The molecule has 0 aromatic heterocycles. The number of amides is 3. The van der Waals surface area contributed by atoms with Gasteiger partial charge in [0.25, 0.3) is 0 Å². The van der Waals surface area contributed by atoms with Gasteiger partial charge in [-0.1, -0.05) is 23.7 Å². The Kier molecular flexibility index (Phi) is 7.88.